The third kappa shape index (κ3) is 3.52. The van der Waals surface area contributed by atoms with Gasteiger partial charge in [-0.25, -0.2) is 9.67 Å². The lowest BCUT2D eigenvalue weighted by Gasteiger charge is -2.32. The number of alkyl halides is 1. The first-order chi connectivity index (χ1) is 8.33. The normalized spacial score (nSPS) is 21.9. The van der Waals surface area contributed by atoms with Crippen LogP contribution in [0.4, 0.5) is 0 Å². The fourth-order valence-corrected chi connectivity index (χ4v) is 3.21. The van der Waals surface area contributed by atoms with Crippen molar-refractivity contribution in [2.45, 2.75) is 39.3 Å². The fraction of sp³-hybridized carbons (Fsp3) is 0.833. The number of likely N-dealkylation sites (tertiary alicyclic amines) is 1. The van der Waals surface area contributed by atoms with Gasteiger partial charge in [-0.3, -0.25) is 4.90 Å². The summed E-state index contributed by atoms with van der Waals surface area (Å²) in [6.45, 7) is 6.39. The minimum atomic E-state index is 0.848. The van der Waals surface area contributed by atoms with Crippen molar-refractivity contribution in [1.29, 1.82) is 0 Å². The molecule has 0 aromatic carbocycles. The number of aromatic nitrogens is 3. The molecule has 17 heavy (non-hydrogen) atoms. The minimum Gasteiger partial charge on any atom is -0.296 e. The first-order valence-corrected chi connectivity index (χ1v) is 7.60. The van der Waals surface area contributed by atoms with Gasteiger partial charge in [-0.15, -0.1) is 0 Å². The minimum absolute atomic E-state index is 0.848. The molecule has 2 heterocycles. The Morgan fingerprint density at radius 3 is 3.18 bits per heavy atom. The number of rotatable bonds is 5. The Labute approximate surface area is 112 Å². The van der Waals surface area contributed by atoms with E-state index in [0.717, 1.165) is 30.2 Å². The van der Waals surface area contributed by atoms with Gasteiger partial charge in [0.1, 0.15) is 12.2 Å². The summed E-state index contributed by atoms with van der Waals surface area (Å²) in [5, 5.41) is 5.35. The maximum atomic E-state index is 4.35. The summed E-state index contributed by atoms with van der Waals surface area (Å²) in [4.78, 5) is 6.87. The lowest BCUT2D eigenvalue weighted by atomic mass is 9.96. The van der Waals surface area contributed by atoms with E-state index in [1.54, 1.807) is 6.33 Å². The van der Waals surface area contributed by atoms with Gasteiger partial charge in [0.05, 0.1) is 6.54 Å². The summed E-state index contributed by atoms with van der Waals surface area (Å²) in [7, 11) is 0. The van der Waals surface area contributed by atoms with Crippen molar-refractivity contribution in [2.75, 3.05) is 18.4 Å². The SMILES string of the molecule is CCn1ncnc1CN1CCCC(CCBr)C1. The number of piperidine rings is 1. The molecule has 1 aliphatic rings. The summed E-state index contributed by atoms with van der Waals surface area (Å²) >= 11 is 3.54. The van der Waals surface area contributed by atoms with Crippen LogP contribution in [0.2, 0.25) is 0 Å². The zero-order valence-electron chi connectivity index (χ0n) is 10.5. The number of hydrogen-bond donors (Lipinski definition) is 0. The lowest BCUT2D eigenvalue weighted by Crippen LogP contribution is -2.35. The van der Waals surface area contributed by atoms with Crippen LogP contribution in [0.5, 0.6) is 0 Å². The van der Waals surface area contributed by atoms with E-state index in [1.807, 2.05) is 4.68 Å². The smallest absolute Gasteiger partial charge is 0.140 e. The third-order valence-corrected chi connectivity index (χ3v) is 3.94. The Balaban J connectivity index is 1.90. The average Bonchev–Trinajstić information content (AvgIpc) is 2.77. The van der Waals surface area contributed by atoms with Crippen LogP contribution in [-0.2, 0) is 13.1 Å². The van der Waals surface area contributed by atoms with Gasteiger partial charge in [-0.05, 0) is 38.6 Å². The molecule has 1 atom stereocenters. The molecule has 0 radical (unpaired) electrons. The van der Waals surface area contributed by atoms with Crippen LogP contribution in [-0.4, -0.2) is 38.1 Å². The maximum absolute atomic E-state index is 4.35. The van der Waals surface area contributed by atoms with E-state index in [4.69, 9.17) is 0 Å². The summed E-state index contributed by atoms with van der Waals surface area (Å²) < 4.78 is 1.99. The summed E-state index contributed by atoms with van der Waals surface area (Å²) in [5.41, 5.74) is 0. The largest absolute Gasteiger partial charge is 0.296 e. The van der Waals surface area contributed by atoms with E-state index in [-0.39, 0.29) is 0 Å². The summed E-state index contributed by atoms with van der Waals surface area (Å²) in [6, 6.07) is 0. The summed E-state index contributed by atoms with van der Waals surface area (Å²) in [6.07, 6.45) is 5.65. The predicted octanol–water partition coefficient (Wildman–Crippen LogP) is 2.29. The molecule has 2 rings (SSSR count). The Morgan fingerprint density at radius 1 is 1.53 bits per heavy atom. The van der Waals surface area contributed by atoms with E-state index >= 15 is 0 Å². The van der Waals surface area contributed by atoms with E-state index in [2.05, 4.69) is 37.8 Å². The van der Waals surface area contributed by atoms with Gasteiger partial charge < -0.3 is 0 Å². The number of aryl methyl sites for hydroxylation is 1. The molecule has 0 saturated carbocycles. The molecule has 5 heteroatoms. The van der Waals surface area contributed by atoms with Gasteiger partial charge >= 0.3 is 0 Å². The first kappa shape index (κ1) is 13.0. The van der Waals surface area contributed by atoms with Gasteiger partial charge in [-0.1, -0.05) is 15.9 Å². The van der Waals surface area contributed by atoms with Gasteiger partial charge in [0, 0.05) is 18.4 Å². The molecule has 1 aliphatic heterocycles. The zero-order valence-corrected chi connectivity index (χ0v) is 12.1. The predicted molar refractivity (Wildman–Crippen MR) is 72.1 cm³/mol. The number of hydrogen-bond acceptors (Lipinski definition) is 3. The third-order valence-electron chi connectivity index (χ3n) is 3.48. The highest BCUT2D eigenvalue weighted by atomic mass is 79.9. The van der Waals surface area contributed by atoms with Crippen LogP contribution in [0.25, 0.3) is 0 Å². The van der Waals surface area contributed by atoms with Crippen LogP contribution in [0.15, 0.2) is 6.33 Å². The van der Waals surface area contributed by atoms with Crippen molar-refractivity contribution in [3.05, 3.63) is 12.2 Å². The van der Waals surface area contributed by atoms with Gasteiger partial charge in [0.25, 0.3) is 0 Å². The molecule has 0 N–H and O–H groups in total. The quantitative estimate of drug-likeness (QED) is 0.783. The molecule has 1 aromatic heterocycles. The van der Waals surface area contributed by atoms with Crippen molar-refractivity contribution in [2.24, 2.45) is 5.92 Å². The molecule has 1 unspecified atom stereocenters. The van der Waals surface area contributed by atoms with Crippen LogP contribution in [0, 0.1) is 5.92 Å². The van der Waals surface area contributed by atoms with Crippen molar-refractivity contribution >= 4 is 15.9 Å². The van der Waals surface area contributed by atoms with E-state index < -0.39 is 0 Å². The van der Waals surface area contributed by atoms with Crippen LogP contribution in [0.3, 0.4) is 0 Å². The van der Waals surface area contributed by atoms with Crippen molar-refractivity contribution in [1.82, 2.24) is 19.7 Å². The highest BCUT2D eigenvalue weighted by Gasteiger charge is 2.20. The van der Waals surface area contributed by atoms with E-state index in [9.17, 15) is 0 Å². The zero-order chi connectivity index (χ0) is 12.1. The summed E-state index contributed by atoms with van der Waals surface area (Å²) in [5.74, 6) is 1.95. The van der Waals surface area contributed by atoms with Crippen molar-refractivity contribution in [3.63, 3.8) is 0 Å². The molecule has 0 spiro atoms. The molecule has 0 aliphatic carbocycles. The molecule has 4 nitrogen and oxygen atoms in total. The second-order valence-corrected chi connectivity index (χ2v) is 5.51. The highest BCUT2D eigenvalue weighted by molar-refractivity contribution is 9.09. The fourth-order valence-electron chi connectivity index (χ4n) is 2.56. The van der Waals surface area contributed by atoms with E-state index in [0.29, 0.717) is 0 Å². The van der Waals surface area contributed by atoms with Crippen LogP contribution in [0.1, 0.15) is 32.0 Å². The molecule has 96 valence electrons. The van der Waals surface area contributed by atoms with Crippen LogP contribution < -0.4 is 0 Å². The molecular weight excluding hydrogens is 280 g/mol. The Bertz CT molecular complexity index is 337. The molecule has 0 bridgehead atoms. The molecule has 1 aromatic rings. The van der Waals surface area contributed by atoms with E-state index in [1.165, 1.54) is 32.4 Å². The van der Waals surface area contributed by atoms with Gasteiger partial charge in [-0.2, -0.15) is 5.10 Å². The molecule has 1 fully saturated rings. The monoisotopic (exact) mass is 300 g/mol. The number of halogens is 1. The van der Waals surface area contributed by atoms with Gasteiger partial charge in [0.15, 0.2) is 0 Å². The highest BCUT2D eigenvalue weighted by Crippen LogP contribution is 2.21. The van der Waals surface area contributed by atoms with Crippen molar-refractivity contribution in [3.8, 4) is 0 Å². The molecule has 0 amide bonds. The lowest BCUT2D eigenvalue weighted by molar-refractivity contribution is 0.160. The Kier molecular flexibility index (Phi) is 4.98. The maximum Gasteiger partial charge on any atom is 0.140 e. The topological polar surface area (TPSA) is 34.0 Å². The average molecular weight is 301 g/mol. The Hall–Kier alpha value is -0.420. The van der Waals surface area contributed by atoms with Crippen LogP contribution >= 0.6 is 15.9 Å². The Morgan fingerprint density at radius 2 is 2.41 bits per heavy atom. The van der Waals surface area contributed by atoms with Gasteiger partial charge in [0.2, 0.25) is 0 Å². The molecular formula is C12H21BrN4. The first-order valence-electron chi connectivity index (χ1n) is 6.48. The second kappa shape index (κ2) is 6.50. The number of nitrogens with zero attached hydrogens (tertiary/aromatic N) is 4. The van der Waals surface area contributed by atoms with Crippen molar-refractivity contribution < 1.29 is 0 Å². The second-order valence-electron chi connectivity index (χ2n) is 4.71. The molecule has 1 saturated heterocycles. The standard InChI is InChI=1S/C12H21BrN4/c1-2-17-12(14-10-15-17)9-16-7-3-4-11(8-16)5-6-13/h10-11H,2-9H2,1H3.